The summed E-state index contributed by atoms with van der Waals surface area (Å²) >= 11 is 0. The lowest BCUT2D eigenvalue weighted by Gasteiger charge is -1.87. The second-order valence-electron chi connectivity index (χ2n) is 3.91. The molecule has 0 aliphatic carbocycles. The third-order valence-corrected chi connectivity index (χ3v) is 2.23. The van der Waals surface area contributed by atoms with E-state index in [9.17, 15) is 9.59 Å². The van der Waals surface area contributed by atoms with E-state index < -0.39 is 11.9 Å². The standard InChI is InChI=1S/2C8H7NO2/c10-8(11)2-1-7-3-5-9-6-4-7;10-8(11)4-3-7-2-1-5-9-6-7/h2*1-6H,(H,10,11). The maximum absolute atomic E-state index is 10.1. The summed E-state index contributed by atoms with van der Waals surface area (Å²) in [5, 5.41) is 16.5. The van der Waals surface area contributed by atoms with Gasteiger partial charge in [0.1, 0.15) is 0 Å². The number of carbonyl (C=O) groups is 2. The van der Waals surface area contributed by atoms with Gasteiger partial charge in [0.2, 0.25) is 0 Å². The van der Waals surface area contributed by atoms with E-state index in [0.29, 0.717) is 0 Å². The normalized spacial score (nSPS) is 10.2. The fourth-order valence-electron chi connectivity index (χ4n) is 1.28. The minimum absolute atomic E-state index is 0.787. The number of nitrogens with zero attached hydrogens (tertiary/aromatic N) is 2. The average molecular weight is 298 g/mol. The lowest BCUT2D eigenvalue weighted by molar-refractivity contribution is -0.132. The van der Waals surface area contributed by atoms with Crippen molar-refractivity contribution < 1.29 is 19.8 Å². The SMILES string of the molecule is O=C(O)C=Cc1cccnc1.O=C(O)C=Cc1ccncc1. The quantitative estimate of drug-likeness (QED) is 0.840. The Morgan fingerprint density at radius 3 is 1.91 bits per heavy atom. The second-order valence-corrected chi connectivity index (χ2v) is 3.91. The van der Waals surface area contributed by atoms with Crippen molar-refractivity contribution in [2.45, 2.75) is 0 Å². The van der Waals surface area contributed by atoms with Gasteiger partial charge in [-0.1, -0.05) is 6.07 Å². The second kappa shape index (κ2) is 9.60. The summed E-state index contributed by atoms with van der Waals surface area (Å²) in [7, 11) is 0. The van der Waals surface area contributed by atoms with Crippen LogP contribution in [-0.2, 0) is 9.59 Å². The van der Waals surface area contributed by atoms with Gasteiger partial charge in [0.25, 0.3) is 0 Å². The summed E-state index contributed by atoms with van der Waals surface area (Å²) in [5.74, 6) is -1.89. The van der Waals surface area contributed by atoms with E-state index in [0.717, 1.165) is 23.3 Å². The highest BCUT2D eigenvalue weighted by Crippen LogP contribution is 1.98. The molecule has 0 aromatic carbocycles. The molecule has 2 aromatic rings. The largest absolute Gasteiger partial charge is 0.478 e. The molecule has 0 saturated carbocycles. The number of rotatable bonds is 4. The first-order valence-corrected chi connectivity index (χ1v) is 6.20. The van der Waals surface area contributed by atoms with Gasteiger partial charge in [-0.2, -0.15) is 0 Å². The summed E-state index contributed by atoms with van der Waals surface area (Å²) in [4.78, 5) is 27.7. The summed E-state index contributed by atoms with van der Waals surface area (Å²) in [6, 6.07) is 7.01. The summed E-state index contributed by atoms with van der Waals surface area (Å²) in [6.45, 7) is 0. The predicted molar refractivity (Wildman–Crippen MR) is 81.8 cm³/mol. The van der Waals surface area contributed by atoms with Crippen LogP contribution in [0, 0.1) is 0 Å². The van der Waals surface area contributed by atoms with Crippen LogP contribution < -0.4 is 0 Å². The maximum atomic E-state index is 10.1. The van der Waals surface area contributed by atoms with E-state index >= 15 is 0 Å². The van der Waals surface area contributed by atoms with E-state index in [-0.39, 0.29) is 0 Å². The first-order chi connectivity index (χ1) is 10.6. The van der Waals surface area contributed by atoms with Gasteiger partial charge in [0.15, 0.2) is 0 Å². The third kappa shape index (κ3) is 8.00. The highest BCUT2D eigenvalue weighted by Gasteiger charge is 1.87. The average Bonchev–Trinajstić information content (AvgIpc) is 2.53. The molecule has 22 heavy (non-hydrogen) atoms. The molecule has 0 saturated heterocycles. The number of aromatic nitrogens is 2. The molecule has 2 heterocycles. The van der Waals surface area contributed by atoms with E-state index in [1.54, 1.807) is 49.1 Å². The zero-order valence-electron chi connectivity index (χ0n) is 11.5. The van der Waals surface area contributed by atoms with Crippen LogP contribution in [0.3, 0.4) is 0 Å². The van der Waals surface area contributed by atoms with Gasteiger partial charge < -0.3 is 10.2 Å². The van der Waals surface area contributed by atoms with Crippen molar-refractivity contribution in [3.05, 3.63) is 72.3 Å². The first-order valence-electron chi connectivity index (χ1n) is 6.20. The molecule has 2 rings (SSSR count). The Bertz CT molecular complexity index is 593. The molecule has 0 spiro atoms. The molecule has 0 radical (unpaired) electrons. The van der Waals surface area contributed by atoms with Gasteiger partial charge in [-0.05, 0) is 41.5 Å². The van der Waals surface area contributed by atoms with E-state index in [1.807, 2.05) is 0 Å². The molecular formula is C16H14N2O4. The summed E-state index contributed by atoms with van der Waals surface area (Å²) < 4.78 is 0. The van der Waals surface area contributed by atoms with E-state index in [2.05, 4.69) is 9.97 Å². The Morgan fingerprint density at radius 1 is 0.818 bits per heavy atom. The van der Waals surface area contributed by atoms with Gasteiger partial charge in [0, 0.05) is 36.9 Å². The zero-order valence-corrected chi connectivity index (χ0v) is 11.5. The zero-order chi connectivity index (χ0) is 16.2. The molecule has 0 unspecified atom stereocenters. The van der Waals surface area contributed by atoms with Crippen molar-refractivity contribution >= 4 is 24.1 Å². The first kappa shape index (κ1) is 16.8. The fraction of sp³-hybridized carbons (Fsp3) is 0. The molecule has 0 aliphatic heterocycles. The van der Waals surface area contributed by atoms with Crippen LogP contribution in [-0.4, -0.2) is 32.1 Å². The van der Waals surface area contributed by atoms with Crippen LogP contribution >= 0.6 is 0 Å². The van der Waals surface area contributed by atoms with Crippen LogP contribution in [0.25, 0.3) is 12.2 Å². The smallest absolute Gasteiger partial charge is 0.328 e. The predicted octanol–water partition coefficient (Wildman–Crippen LogP) is 2.36. The van der Waals surface area contributed by atoms with Gasteiger partial charge in [0.05, 0.1) is 0 Å². The van der Waals surface area contributed by atoms with Crippen molar-refractivity contribution in [1.82, 2.24) is 9.97 Å². The molecule has 0 bridgehead atoms. The highest BCUT2D eigenvalue weighted by atomic mass is 16.4. The number of aliphatic carboxylic acids is 2. The molecule has 6 heteroatoms. The number of carboxylic acids is 2. The summed E-state index contributed by atoms with van der Waals surface area (Å²) in [5.41, 5.74) is 1.62. The van der Waals surface area contributed by atoms with Crippen molar-refractivity contribution in [3.8, 4) is 0 Å². The number of carboxylic acid groups (broad SMARTS) is 2. The van der Waals surface area contributed by atoms with Gasteiger partial charge in [-0.25, -0.2) is 9.59 Å². The Kier molecular flexibility index (Phi) is 7.32. The minimum atomic E-state index is -0.950. The minimum Gasteiger partial charge on any atom is -0.478 e. The summed E-state index contributed by atoms with van der Waals surface area (Å²) in [6.07, 6.45) is 11.6. The fourth-order valence-corrected chi connectivity index (χ4v) is 1.28. The van der Waals surface area contributed by atoms with Crippen molar-refractivity contribution in [1.29, 1.82) is 0 Å². The van der Waals surface area contributed by atoms with Crippen molar-refractivity contribution in [3.63, 3.8) is 0 Å². The topological polar surface area (TPSA) is 100 Å². The monoisotopic (exact) mass is 298 g/mol. The van der Waals surface area contributed by atoms with Gasteiger partial charge >= 0.3 is 11.9 Å². The van der Waals surface area contributed by atoms with Crippen LogP contribution in [0.4, 0.5) is 0 Å². The van der Waals surface area contributed by atoms with Gasteiger partial charge in [-0.3, -0.25) is 9.97 Å². The molecule has 112 valence electrons. The number of hydrogen-bond donors (Lipinski definition) is 2. The van der Waals surface area contributed by atoms with Crippen LogP contribution in [0.2, 0.25) is 0 Å². The lowest BCUT2D eigenvalue weighted by atomic mass is 10.2. The maximum Gasteiger partial charge on any atom is 0.328 e. The lowest BCUT2D eigenvalue weighted by Crippen LogP contribution is -1.85. The van der Waals surface area contributed by atoms with E-state index in [4.69, 9.17) is 10.2 Å². The molecule has 0 fully saturated rings. The molecule has 2 N–H and O–H groups in total. The van der Waals surface area contributed by atoms with Crippen LogP contribution in [0.1, 0.15) is 11.1 Å². The molecule has 6 nitrogen and oxygen atoms in total. The van der Waals surface area contributed by atoms with E-state index in [1.165, 1.54) is 12.2 Å². The van der Waals surface area contributed by atoms with Crippen LogP contribution in [0.5, 0.6) is 0 Å². The Labute approximate surface area is 127 Å². The molecule has 0 atom stereocenters. The van der Waals surface area contributed by atoms with Crippen molar-refractivity contribution in [2.75, 3.05) is 0 Å². The number of hydrogen-bond acceptors (Lipinski definition) is 4. The van der Waals surface area contributed by atoms with Crippen molar-refractivity contribution in [2.24, 2.45) is 0 Å². The van der Waals surface area contributed by atoms with Crippen LogP contribution in [0.15, 0.2) is 61.2 Å². The Hall–Kier alpha value is -3.28. The third-order valence-electron chi connectivity index (χ3n) is 2.23. The Balaban J connectivity index is 0.000000220. The molecule has 0 aliphatic rings. The molecular weight excluding hydrogens is 284 g/mol. The molecule has 0 amide bonds. The highest BCUT2D eigenvalue weighted by molar-refractivity contribution is 5.85. The Morgan fingerprint density at radius 2 is 1.41 bits per heavy atom. The van der Waals surface area contributed by atoms with Gasteiger partial charge in [-0.15, -0.1) is 0 Å². The number of pyridine rings is 2. The molecule has 2 aromatic heterocycles.